The van der Waals surface area contributed by atoms with Gasteiger partial charge < -0.3 is 14.4 Å². The molecule has 0 bridgehead atoms. The molecule has 1 aromatic rings. The number of nitro benzene ring substituents is 1. The Morgan fingerprint density at radius 1 is 1.19 bits per heavy atom. The monoisotopic (exact) mass is 292 g/mol. The normalized spacial score (nSPS) is 19.4. The number of anilines is 1. The zero-order valence-electron chi connectivity index (χ0n) is 12.4. The van der Waals surface area contributed by atoms with Crippen LogP contribution < -0.4 is 14.4 Å². The van der Waals surface area contributed by atoms with E-state index in [4.69, 9.17) is 9.47 Å². The van der Waals surface area contributed by atoms with Gasteiger partial charge >= 0.3 is 0 Å². The number of benzene rings is 1. The lowest BCUT2D eigenvalue weighted by molar-refractivity contribution is -0.384. The number of ether oxygens (including phenoxy) is 2. The molecule has 114 valence electrons. The van der Waals surface area contributed by atoms with Gasteiger partial charge in [-0.2, -0.15) is 0 Å². The third-order valence-corrected chi connectivity index (χ3v) is 4.64. The lowest BCUT2D eigenvalue weighted by Gasteiger charge is -2.34. The molecule has 0 amide bonds. The van der Waals surface area contributed by atoms with Crippen LogP contribution in [0.1, 0.15) is 25.7 Å². The predicted octanol–water partition coefficient (Wildman–Crippen LogP) is 2.99. The van der Waals surface area contributed by atoms with Crippen molar-refractivity contribution in [3.8, 4) is 11.5 Å². The molecule has 1 saturated heterocycles. The van der Waals surface area contributed by atoms with Crippen LogP contribution in [0.3, 0.4) is 0 Å². The average Bonchev–Trinajstić information content (AvgIpc) is 3.24. The van der Waals surface area contributed by atoms with Crippen molar-refractivity contribution in [3.63, 3.8) is 0 Å². The number of hydrogen-bond acceptors (Lipinski definition) is 5. The summed E-state index contributed by atoms with van der Waals surface area (Å²) in [7, 11) is 3.04. The van der Waals surface area contributed by atoms with E-state index in [1.807, 2.05) is 0 Å². The number of piperidine rings is 1. The maximum atomic E-state index is 11.4. The second kappa shape index (κ2) is 5.09. The van der Waals surface area contributed by atoms with Crippen molar-refractivity contribution in [2.75, 3.05) is 32.2 Å². The fourth-order valence-corrected chi connectivity index (χ4v) is 3.26. The number of hydrogen-bond donors (Lipinski definition) is 0. The van der Waals surface area contributed by atoms with Crippen LogP contribution in [-0.4, -0.2) is 32.2 Å². The molecule has 0 N–H and O–H groups in total. The molecule has 2 aliphatic rings. The number of nitro groups is 1. The first kappa shape index (κ1) is 14.0. The van der Waals surface area contributed by atoms with Gasteiger partial charge in [0.25, 0.3) is 5.69 Å². The van der Waals surface area contributed by atoms with Crippen LogP contribution >= 0.6 is 0 Å². The van der Waals surface area contributed by atoms with E-state index in [2.05, 4.69) is 4.90 Å². The van der Waals surface area contributed by atoms with Gasteiger partial charge in [-0.15, -0.1) is 0 Å². The number of nitrogens with zero attached hydrogens (tertiary/aromatic N) is 2. The predicted molar refractivity (Wildman–Crippen MR) is 79.3 cm³/mol. The fraction of sp³-hybridized carbons (Fsp3) is 0.600. The molecule has 0 radical (unpaired) electrons. The quantitative estimate of drug-likeness (QED) is 0.630. The highest BCUT2D eigenvalue weighted by Gasteiger charge is 2.46. The maximum absolute atomic E-state index is 11.4. The molecule has 1 heterocycles. The second-order valence-electron chi connectivity index (χ2n) is 5.98. The zero-order valence-corrected chi connectivity index (χ0v) is 12.4. The summed E-state index contributed by atoms with van der Waals surface area (Å²) in [6, 6.07) is 3.20. The summed E-state index contributed by atoms with van der Waals surface area (Å²) >= 11 is 0. The van der Waals surface area contributed by atoms with Crippen molar-refractivity contribution in [2.24, 2.45) is 5.41 Å². The van der Waals surface area contributed by atoms with E-state index in [0.29, 0.717) is 22.6 Å². The van der Waals surface area contributed by atoms with Crippen LogP contribution in [0, 0.1) is 15.5 Å². The largest absolute Gasteiger partial charge is 0.493 e. The molecular weight excluding hydrogens is 272 g/mol. The van der Waals surface area contributed by atoms with Crippen molar-refractivity contribution in [1.29, 1.82) is 0 Å². The van der Waals surface area contributed by atoms with Gasteiger partial charge in [0.05, 0.1) is 25.2 Å². The minimum Gasteiger partial charge on any atom is -0.493 e. The van der Waals surface area contributed by atoms with E-state index in [1.165, 1.54) is 32.4 Å². The molecule has 1 saturated carbocycles. The SMILES string of the molecule is COc1cc(N2CCCC3(CC3)C2)c([N+](=O)[O-])cc1OC. The highest BCUT2D eigenvalue weighted by atomic mass is 16.6. The molecule has 2 fully saturated rings. The summed E-state index contributed by atoms with van der Waals surface area (Å²) < 4.78 is 10.5. The summed E-state index contributed by atoms with van der Waals surface area (Å²) in [5, 5.41) is 11.4. The van der Waals surface area contributed by atoms with E-state index in [-0.39, 0.29) is 10.6 Å². The van der Waals surface area contributed by atoms with Crippen molar-refractivity contribution >= 4 is 11.4 Å². The Morgan fingerprint density at radius 2 is 1.86 bits per heavy atom. The molecule has 1 spiro atoms. The van der Waals surface area contributed by atoms with Gasteiger partial charge in [0.15, 0.2) is 11.5 Å². The second-order valence-corrected chi connectivity index (χ2v) is 5.98. The summed E-state index contributed by atoms with van der Waals surface area (Å²) in [5.74, 6) is 0.930. The smallest absolute Gasteiger partial charge is 0.296 e. The molecule has 3 rings (SSSR count). The minimum atomic E-state index is -0.342. The summed E-state index contributed by atoms with van der Waals surface area (Å²) in [6.07, 6.45) is 4.81. The highest BCUT2D eigenvalue weighted by Crippen LogP contribution is 2.53. The summed E-state index contributed by atoms with van der Waals surface area (Å²) in [6.45, 7) is 1.77. The summed E-state index contributed by atoms with van der Waals surface area (Å²) in [4.78, 5) is 13.2. The third-order valence-electron chi connectivity index (χ3n) is 4.64. The van der Waals surface area contributed by atoms with Gasteiger partial charge in [0.1, 0.15) is 5.69 Å². The number of rotatable bonds is 4. The topological polar surface area (TPSA) is 64.8 Å². The van der Waals surface area contributed by atoms with Crippen molar-refractivity contribution in [2.45, 2.75) is 25.7 Å². The first-order valence-electron chi connectivity index (χ1n) is 7.24. The Morgan fingerprint density at radius 3 is 2.43 bits per heavy atom. The lowest BCUT2D eigenvalue weighted by atomic mass is 9.94. The molecule has 1 aromatic carbocycles. The molecule has 1 aliphatic carbocycles. The lowest BCUT2D eigenvalue weighted by Crippen LogP contribution is -2.36. The van der Waals surface area contributed by atoms with Gasteiger partial charge in [-0.1, -0.05) is 0 Å². The van der Waals surface area contributed by atoms with Gasteiger partial charge in [-0.05, 0) is 31.1 Å². The van der Waals surface area contributed by atoms with Gasteiger partial charge in [0, 0.05) is 19.2 Å². The van der Waals surface area contributed by atoms with Gasteiger partial charge in [-0.25, -0.2) is 0 Å². The van der Waals surface area contributed by atoms with Crippen molar-refractivity contribution in [1.82, 2.24) is 0 Å². The van der Waals surface area contributed by atoms with Crippen LogP contribution in [0.5, 0.6) is 11.5 Å². The Balaban J connectivity index is 2.00. The van der Waals surface area contributed by atoms with E-state index in [0.717, 1.165) is 19.5 Å². The molecular formula is C15H20N2O4. The van der Waals surface area contributed by atoms with E-state index in [9.17, 15) is 10.1 Å². The molecule has 6 nitrogen and oxygen atoms in total. The van der Waals surface area contributed by atoms with Crippen LogP contribution in [0.15, 0.2) is 12.1 Å². The highest BCUT2D eigenvalue weighted by molar-refractivity contribution is 5.70. The Labute approximate surface area is 123 Å². The first-order chi connectivity index (χ1) is 10.1. The molecule has 6 heteroatoms. The van der Waals surface area contributed by atoms with Crippen molar-refractivity contribution < 1.29 is 14.4 Å². The molecule has 0 atom stereocenters. The standard InChI is InChI=1S/C15H20N2O4/c1-20-13-8-11(12(17(18)19)9-14(13)21-2)16-7-3-4-15(10-16)5-6-15/h8-9H,3-7,10H2,1-2H3. The fourth-order valence-electron chi connectivity index (χ4n) is 3.26. The van der Waals surface area contributed by atoms with Crippen LogP contribution in [-0.2, 0) is 0 Å². The van der Waals surface area contributed by atoms with Crippen molar-refractivity contribution in [3.05, 3.63) is 22.2 Å². The van der Waals surface area contributed by atoms with E-state index >= 15 is 0 Å². The molecule has 1 aliphatic heterocycles. The van der Waals surface area contributed by atoms with Gasteiger partial charge in [-0.3, -0.25) is 10.1 Å². The Kier molecular flexibility index (Phi) is 3.39. The zero-order chi connectivity index (χ0) is 15.0. The van der Waals surface area contributed by atoms with Gasteiger partial charge in [0.2, 0.25) is 0 Å². The Hall–Kier alpha value is -1.98. The van der Waals surface area contributed by atoms with E-state index in [1.54, 1.807) is 13.2 Å². The third kappa shape index (κ3) is 2.50. The molecule has 21 heavy (non-hydrogen) atoms. The van der Waals surface area contributed by atoms with Crippen LogP contribution in [0.2, 0.25) is 0 Å². The Bertz CT molecular complexity index is 569. The molecule has 0 aromatic heterocycles. The first-order valence-corrected chi connectivity index (χ1v) is 7.24. The number of methoxy groups -OCH3 is 2. The maximum Gasteiger partial charge on any atom is 0.296 e. The minimum absolute atomic E-state index is 0.0883. The average molecular weight is 292 g/mol. The summed E-state index contributed by atoms with van der Waals surface area (Å²) in [5.41, 5.74) is 1.13. The van der Waals surface area contributed by atoms with Crippen LogP contribution in [0.4, 0.5) is 11.4 Å². The van der Waals surface area contributed by atoms with E-state index < -0.39 is 0 Å². The van der Waals surface area contributed by atoms with Crippen LogP contribution in [0.25, 0.3) is 0 Å². The molecule has 0 unspecified atom stereocenters.